The molecule has 2 N–H and O–H groups in total. The molecule has 2 aliphatic heterocycles. The van der Waals surface area contributed by atoms with Gasteiger partial charge >= 0.3 is 6.09 Å². The second-order valence-electron chi connectivity index (χ2n) is 9.49. The number of anilines is 2. The molecule has 3 aromatic rings. The van der Waals surface area contributed by atoms with Gasteiger partial charge in [-0.3, -0.25) is 29.4 Å². The number of H-pyrrole nitrogens is 1. The van der Waals surface area contributed by atoms with Crippen molar-refractivity contribution in [3.8, 4) is 0 Å². The van der Waals surface area contributed by atoms with Crippen LogP contribution < -0.4 is 15.1 Å². The molecule has 5 rings (SSSR count). The van der Waals surface area contributed by atoms with Gasteiger partial charge in [0.15, 0.2) is 0 Å². The lowest BCUT2D eigenvalue weighted by Crippen LogP contribution is -2.50. The first-order valence-electron chi connectivity index (χ1n) is 12.5. The fourth-order valence-electron chi connectivity index (χ4n) is 4.84. The van der Waals surface area contributed by atoms with Crippen LogP contribution in [0.3, 0.4) is 0 Å². The van der Waals surface area contributed by atoms with Gasteiger partial charge in [-0.15, -0.1) is 0 Å². The van der Waals surface area contributed by atoms with E-state index in [2.05, 4.69) is 10.3 Å². The van der Waals surface area contributed by atoms with Gasteiger partial charge in [-0.05, 0) is 24.3 Å². The Kier molecular flexibility index (Phi) is 7.07. The summed E-state index contributed by atoms with van der Waals surface area (Å²) in [5, 5.41) is 14.0. The number of carbonyl (C=O) groups is 4. The topological polar surface area (TPSA) is 158 Å². The number of aromatic nitrogens is 1. The number of carbonyl (C=O) groups excluding carboxylic acids is 4. The number of fused-ring (bicyclic) bond motifs is 1. The summed E-state index contributed by atoms with van der Waals surface area (Å²) in [6.45, 7) is 2.53. The zero-order valence-electron chi connectivity index (χ0n) is 21.4. The van der Waals surface area contributed by atoms with Gasteiger partial charge in [0.25, 0.3) is 17.4 Å². The molecule has 2 saturated heterocycles. The number of nitrogens with one attached hydrogen (secondary N) is 2. The van der Waals surface area contributed by atoms with E-state index in [9.17, 15) is 29.3 Å². The Morgan fingerprint density at radius 1 is 1.15 bits per heavy atom. The van der Waals surface area contributed by atoms with E-state index in [4.69, 9.17) is 4.74 Å². The molecule has 3 amide bonds. The van der Waals surface area contributed by atoms with Crippen LogP contribution in [0.5, 0.6) is 0 Å². The van der Waals surface area contributed by atoms with Crippen molar-refractivity contribution in [2.24, 2.45) is 0 Å². The highest BCUT2D eigenvalue weighted by Gasteiger charge is 2.34. The first-order valence-corrected chi connectivity index (χ1v) is 12.5. The summed E-state index contributed by atoms with van der Waals surface area (Å²) in [4.78, 5) is 67.1. The Morgan fingerprint density at radius 2 is 1.90 bits per heavy atom. The molecule has 1 aromatic heterocycles. The van der Waals surface area contributed by atoms with Crippen molar-refractivity contribution in [1.82, 2.24) is 15.2 Å². The summed E-state index contributed by atoms with van der Waals surface area (Å²) < 4.78 is 20.3. The molecule has 0 radical (unpaired) electrons. The number of aromatic amines is 1. The molecule has 13 nitrogen and oxygen atoms in total. The molecule has 1 atom stereocenters. The van der Waals surface area contributed by atoms with Crippen molar-refractivity contribution in [2.75, 3.05) is 49.1 Å². The molecule has 0 saturated carbocycles. The maximum Gasteiger partial charge on any atom is 0.414 e. The van der Waals surface area contributed by atoms with Crippen LogP contribution in [0.2, 0.25) is 0 Å². The van der Waals surface area contributed by atoms with E-state index in [1.165, 1.54) is 47.2 Å². The number of ether oxygens (including phenoxy) is 1. The molecular formula is C26H25FN6O7. The Hall–Kier alpha value is -5.01. The van der Waals surface area contributed by atoms with E-state index in [0.29, 0.717) is 11.2 Å². The van der Waals surface area contributed by atoms with Crippen LogP contribution in [0, 0.1) is 15.9 Å². The molecule has 208 valence electrons. The van der Waals surface area contributed by atoms with Crippen molar-refractivity contribution >= 4 is 51.7 Å². The van der Waals surface area contributed by atoms with Gasteiger partial charge in [0, 0.05) is 62.3 Å². The van der Waals surface area contributed by atoms with Gasteiger partial charge in [0.05, 0.1) is 35.0 Å². The maximum absolute atomic E-state index is 15.1. The number of cyclic esters (lactones) is 1. The summed E-state index contributed by atoms with van der Waals surface area (Å²) in [6, 6.07) is 8.40. The van der Waals surface area contributed by atoms with Gasteiger partial charge in [0.1, 0.15) is 11.9 Å². The van der Waals surface area contributed by atoms with Gasteiger partial charge < -0.3 is 24.8 Å². The first-order chi connectivity index (χ1) is 19.1. The summed E-state index contributed by atoms with van der Waals surface area (Å²) >= 11 is 0. The fourth-order valence-corrected chi connectivity index (χ4v) is 4.84. The Bertz CT molecular complexity index is 1530. The van der Waals surface area contributed by atoms with Crippen LogP contribution >= 0.6 is 0 Å². The first kappa shape index (κ1) is 26.6. The molecule has 0 unspecified atom stereocenters. The summed E-state index contributed by atoms with van der Waals surface area (Å²) in [6.07, 6.45) is 0.177. The third kappa shape index (κ3) is 5.15. The number of nitro benzene ring substituents is 1. The SMILES string of the molecule is CC(=O)NC[C@H]1CN(c2ccc(N3CCN(C(=O)C(=O)c4c[nH]c5ccc([N+](=O)[O-])cc45)CC3)c(F)c2)C(=O)O1. The molecule has 2 aliphatic rings. The van der Waals surface area contributed by atoms with Gasteiger partial charge in [-0.2, -0.15) is 0 Å². The number of benzene rings is 2. The van der Waals surface area contributed by atoms with Crippen molar-refractivity contribution < 1.29 is 33.2 Å². The van der Waals surface area contributed by atoms with Crippen molar-refractivity contribution in [3.63, 3.8) is 0 Å². The number of piperazine rings is 1. The van der Waals surface area contributed by atoms with Crippen molar-refractivity contribution in [1.29, 1.82) is 0 Å². The lowest BCUT2D eigenvalue weighted by molar-refractivity contribution is -0.384. The molecule has 2 aromatic carbocycles. The normalized spacial score (nSPS) is 17.2. The monoisotopic (exact) mass is 552 g/mol. The smallest absolute Gasteiger partial charge is 0.414 e. The molecule has 3 heterocycles. The minimum absolute atomic E-state index is 0.0486. The van der Waals surface area contributed by atoms with Gasteiger partial charge in [-0.25, -0.2) is 9.18 Å². The van der Waals surface area contributed by atoms with Crippen LogP contribution in [-0.4, -0.2) is 83.9 Å². The highest BCUT2D eigenvalue weighted by molar-refractivity contribution is 6.44. The van der Waals surface area contributed by atoms with Crippen molar-refractivity contribution in [2.45, 2.75) is 13.0 Å². The number of nitro groups is 1. The third-order valence-electron chi connectivity index (χ3n) is 6.92. The zero-order chi connectivity index (χ0) is 28.6. The van der Waals surface area contributed by atoms with Crippen LogP contribution in [-0.2, 0) is 14.3 Å². The van der Waals surface area contributed by atoms with E-state index in [1.54, 1.807) is 17.0 Å². The molecule has 40 heavy (non-hydrogen) atoms. The standard InChI is InChI=1S/C26H25FN6O7/c1-15(34)28-12-18-14-32(26(37)40-18)16-3-5-23(21(27)11-16)30-6-8-31(9-7-30)25(36)24(35)20-13-29-22-4-2-17(33(38)39)10-19(20)22/h2-5,10-11,13,18,29H,6-9,12,14H2,1H3,(H,28,34)/t18-/m0/s1. The second-order valence-corrected chi connectivity index (χ2v) is 9.49. The lowest BCUT2D eigenvalue weighted by Gasteiger charge is -2.36. The minimum Gasteiger partial charge on any atom is -0.442 e. The van der Waals surface area contributed by atoms with E-state index in [-0.39, 0.29) is 67.5 Å². The Morgan fingerprint density at radius 3 is 2.58 bits per heavy atom. The molecule has 14 heteroatoms. The van der Waals surface area contributed by atoms with Crippen LogP contribution in [0.15, 0.2) is 42.6 Å². The average molecular weight is 553 g/mol. The number of nitrogens with zero attached hydrogens (tertiary/aromatic N) is 4. The quantitative estimate of drug-likeness (QED) is 0.195. The van der Waals surface area contributed by atoms with E-state index in [0.717, 1.165) is 0 Å². The number of ketones is 1. The van der Waals surface area contributed by atoms with E-state index in [1.807, 2.05) is 0 Å². The lowest BCUT2D eigenvalue weighted by atomic mass is 10.1. The largest absolute Gasteiger partial charge is 0.442 e. The minimum atomic E-state index is -0.787. The zero-order valence-corrected chi connectivity index (χ0v) is 21.4. The van der Waals surface area contributed by atoms with Gasteiger partial charge in [-0.1, -0.05) is 0 Å². The second kappa shape index (κ2) is 10.6. The summed E-state index contributed by atoms with van der Waals surface area (Å²) in [5.74, 6) is -2.35. The number of halogens is 1. The highest BCUT2D eigenvalue weighted by Crippen LogP contribution is 2.29. The Labute approximate surface area is 226 Å². The van der Waals surface area contributed by atoms with Crippen molar-refractivity contribution in [3.05, 3.63) is 64.1 Å². The van der Waals surface area contributed by atoms with E-state index < -0.39 is 34.6 Å². The van der Waals surface area contributed by atoms with Gasteiger partial charge in [0.2, 0.25) is 5.91 Å². The number of amides is 3. The average Bonchev–Trinajstić information content (AvgIpc) is 3.54. The summed E-state index contributed by atoms with van der Waals surface area (Å²) in [5.41, 5.74) is 0.952. The molecule has 0 aliphatic carbocycles. The molecular weight excluding hydrogens is 527 g/mol. The fraction of sp³-hybridized carbons (Fsp3) is 0.308. The van der Waals surface area contributed by atoms with Crippen LogP contribution in [0.4, 0.5) is 26.2 Å². The number of Topliss-reactive ketones (excluding diaryl/α,β-unsaturated/α-hetero) is 1. The predicted molar refractivity (Wildman–Crippen MR) is 141 cm³/mol. The molecule has 0 bridgehead atoms. The molecule has 0 spiro atoms. The third-order valence-corrected chi connectivity index (χ3v) is 6.92. The van der Waals surface area contributed by atoms with Crippen LogP contribution in [0.1, 0.15) is 17.3 Å². The number of hydrogen-bond donors (Lipinski definition) is 2. The maximum atomic E-state index is 15.1. The van der Waals surface area contributed by atoms with Crippen LogP contribution in [0.25, 0.3) is 10.9 Å². The Balaban J connectivity index is 1.22. The molecule has 2 fully saturated rings. The number of rotatable bonds is 7. The highest BCUT2D eigenvalue weighted by atomic mass is 19.1. The predicted octanol–water partition coefficient (Wildman–Crippen LogP) is 2.21. The summed E-state index contributed by atoms with van der Waals surface area (Å²) in [7, 11) is 0. The van der Waals surface area contributed by atoms with E-state index >= 15 is 4.39 Å². The number of hydrogen-bond acceptors (Lipinski definition) is 8. The number of non-ortho nitro benzene ring substituents is 1.